The molecule has 0 aliphatic carbocycles. The Morgan fingerprint density at radius 2 is 2.12 bits per heavy atom. The quantitative estimate of drug-likeness (QED) is 0.656. The second kappa shape index (κ2) is 9.58. The molecule has 2 rings (SSSR count). The van der Waals surface area contributed by atoms with Gasteiger partial charge in [-0.05, 0) is 50.4 Å². The van der Waals surface area contributed by atoms with Crippen LogP contribution < -0.4 is 10.0 Å². The summed E-state index contributed by atoms with van der Waals surface area (Å²) in [7, 11) is -3.40. The van der Waals surface area contributed by atoms with Crippen molar-refractivity contribution in [1.82, 2.24) is 10.2 Å². The maximum absolute atomic E-state index is 12.4. The van der Waals surface area contributed by atoms with Crippen LogP contribution in [-0.2, 0) is 10.0 Å². The predicted molar refractivity (Wildman–Crippen MR) is 106 cm³/mol. The molecule has 0 bridgehead atoms. The Morgan fingerprint density at radius 3 is 2.81 bits per heavy atom. The highest BCUT2D eigenvalue weighted by Gasteiger charge is 2.20. The maximum atomic E-state index is 12.4. The second-order valence-corrected chi connectivity index (χ2v) is 8.93. The summed E-state index contributed by atoms with van der Waals surface area (Å²) in [4.78, 5) is 14.9. The molecule has 8 heteroatoms. The summed E-state index contributed by atoms with van der Waals surface area (Å²) in [5, 5.41) is 3.17. The molecule has 1 aromatic carbocycles. The van der Waals surface area contributed by atoms with E-state index < -0.39 is 10.0 Å². The monoisotopic (exact) mass is 401 g/mol. The molecule has 2 N–H and O–H groups in total. The summed E-state index contributed by atoms with van der Waals surface area (Å²) in [5.41, 5.74) is 0.589. The molecule has 0 radical (unpaired) electrons. The number of rotatable bonds is 8. The van der Waals surface area contributed by atoms with E-state index in [1.165, 1.54) is 43.9 Å². The third kappa shape index (κ3) is 6.45. The van der Waals surface area contributed by atoms with Crippen LogP contribution >= 0.6 is 11.6 Å². The summed E-state index contributed by atoms with van der Waals surface area (Å²) in [5.74, 6) is -0.294. The molecule has 1 amide bonds. The van der Waals surface area contributed by atoms with E-state index in [4.69, 9.17) is 11.6 Å². The number of carbonyl (C=O) groups excluding carboxylic acids is 1. The number of carbonyl (C=O) groups is 1. The minimum Gasteiger partial charge on any atom is -0.352 e. The van der Waals surface area contributed by atoms with E-state index in [-0.39, 0.29) is 11.5 Å². The molecule has 1 saturated heterocycles. The van der Waals surface area contributed by atoms with Gasteiger partial charge in [0.15, 0.2) is 0 Å². The molecule has 0 spiro atoms. The van der Waals surface area contributed by atoms with Crippen LogP contribution in [0.1, 0.15) is 49.4 Å². The summed E-state index contributed by atoms with van der Waals surface area (Å²) in [6, 6.07) is 5.16. The van der Waals surface area contributed by atoms with E-state index in [2.05, 4.69) is 21.9 Å². The number of piperidine rings is 1. The van der Waals surface area contributed by atoms with Crippen LogP contribution in [0.5, 0.6) is 0 Å². The molecule has 26 heavy (non-hydrogen) atoms. The predicted octanol–water partition coefficient (Wildman–Crippen LogP) is 3.10. The van der Waals surface area contributed by atoms with Crippen molar-refractivity contribution in [3.8, 4) is 0 Å². The molecule has 6 nitrogen and oxygen atoms in total. The molecular weight excluding hydrogens is 374 g/mol. The average Bonchev–Trinajstić information content (AvgIpc) is 2.59. The molecule has 0 aromatic heterocycles. The van der Waals surface area contributed by atoms with Crippen molar-refractivity contribution in [2.45, 2.75) is 45.1 Å². The van der Waals surface area contributed by atoms with Gasteiger partial charge in [0.05, 0.1) is 16.8 Å². The van der Waals surface area contributed by atoms with Gasteiger partial charge in [0.1, 0.15) is 0 Å². The van der Waals surface area contributed by atoms with E-state index in [0.717, 1.165) is 25.8 Å². The van der Waals surface area contributed by atoms with E-state index in [9.17, 15) is 13.2 Å². The number of sulfonamides is 1. The third-order valence-corrected chi connectivity index (χ3v) is 5.58. The number of anilines is 1. The van der Waals surface area contributed by atoms with Crippen LogP contribution in [-0.4, -0.2) is 51.2 Å². The van der Waals surface area contributed by atoms with Crippen molar-refractivity contribution >= 4 is 33.2 Å². The highest BCUT2D eigenvalue weighted by atomic mass is 35.5. The largest absolute Gasteiger partial charge is 0.352 e. The number of benzene rings is 1. The van der Waals surface area contributed by atoms with Gasteiger partial charge in [-0.1, -0.05) is 24.9 Å². The van der Waals surface area contributed by atoms with Crippen LogP contribution in [0.3, 0.4) is 0 Å². The fraction of sp³-hybridized carbons (Fsp3) is 0.611. The Morgan fingerprint density at radius 1 is 1.35 bits per heavy atom. The van der Waals surface area contributed by atoms with Crippen LogP contribution in [0.2, 0.25) is 5.02 Å². The van der Waals surface area contributed by atoms with Crippen molar-refractivity contribution in [3.05, 3.63) is 28.8 Å². The highest BCUT2D eigenvalue weighted by molar-refractivity contribution is 7.92. The van der Waals surface area contributed by atoms with E-state index >= 15 is 0 Å². The first-order chi connectivity index (χ1) is 12.3. The van der Waals surface area contributed by atoms with Crippen molar-refractivity contribution in [1.29, 1.82) is 0 Å². The molecular formula is C18H28ClN3O3S. The number of hydrogen-bond acceptors (Lipinski definition) is 4. The smallest absolute Gasteiger partial charge is 0.252 e. The zero-order chi connectivity index (χ0) is 19.2. The van der Waals surface area contributed by atoms with Crippen LogP contribution in [0, 0.1) is 0 Å². The molecule has 1 aliphatic rings. The van der Waals surface area contributed by atoms with Gasteiger partial charge in [0.25, 0.3) is 5.91 Å². The van der Waals surface area contributed by atoms with Gasteiger partial charge in [-0.15, -0.1) is 0 Å². The number of nitrogens with one attached hydrogen (secondary N) is 2. The maximum Gasteiger partial charge on any atom is 0.252 e. The minimum absolute atomic E-state index is 0.268. The Bertz CT molecular complexity index is 724. The molecule has 1 heterocycles. The van der Waals surface area contributed by atoms with Crippen molar-refractivity contribution in [2.24, 2.45) is 0 Å². The first kappa shape index (κ1) is 21.0. The number of likely N-dealkylation sites (tertiary alicyclic amines) is 1. The fourth-order valence-corrected chi connectivity index (χ4v) is 4.13. The zero-order valence-electron chi connectivity index (χ0n) is 15.4. The SMILES string of the molecule is CCC1CCCCN1CCCNC(=O)c1cc(NS(C)(=O)=O)ccc1Cl. The normalized spacial score (nSPS) is 18.5. The Kier molecular flexibility index (Phi) is 7.73. The summed E-state index contributed by atoms with van der Waals surface area (Å²) in [6.45, 7) is 4.90. The molecule has 0 saturated carbocycles. The van der Waals surface area contributed by atoms with Gasteiger partial charge >= 0.3 is 0 Å². The van der Waals surface area contributed by atoms with Crippen LogP contribution in [0.15, 0.2) is 18.2 Å². The minimum atomic E-state index is -3.40. The van der Waals surface area contributed by atoms with Crippen LogP contribution in [0.4, 0.5) is 5.69 Å². The topological polar surface area (TPSA) is 78.5 Å². The summed E-state index contributed by atoms with van der Waals surface area (Å²) < 4.78 is 25.0. The second-order valence-electron chi connectivity index (χ2n) is 6.77. The summed E-state index contributed by atoms with van der Waals surface area (Å²) >= 11 is 6.09. The van der Waals surface area contributed by atoms with E-state index in [1.807, 2.05) is 0 Å². The van der Waals surface area contributed by atoms with Crippen LogP contribution in [0.25, 0.3) is 0 Å². The lowest BCUT2D eigenvalue weighted by Gasteiger charge is -2.35. The van der Waals surface area contributed by atoms with Crippen molar-refractivity contribution in [2.75, 3.05) is 30.6 Å². The first-order valence-corrected chi connectivity index (χ1v) is 11.4. The molecule has 1 atom stereocenters. The number of hydrogen-bond donors (Lipinski definition) is 2. The van der Waals surface area contributed by atoms with Crippen molar-refractivity contribution in [3.63, 3.8) is 0 Å². The number of nitrogens with zero attached hydrogens (tertiary/aromatic N) is 1. The third-order valence-electron chi connectivity index (χ3n) is 4.64. The Hall–Kier alpha value is -1.31. The number of amides is 1. The average molecular weight is 402 g/mol. The Labute approximate surface area is 161 Å². The lowest BCUT2D eigenvalue weighted by Crippen LogP contribution is -2.40. The first-order valence-electron chi connectivity index (χ1n) is 9.09. The molecule has 1 fully saturated rings. The summed E-state index contributed by atoms with van der Waals surface area (Å²) in [6.07, 6.45) is 6.92. The van der Waals surface area contributed by atoms with Gasteiger partial charge in [0.2, 0.25) is 10.0 Å². The van der Waals surface area contributed by atoms with Crippen molar-refractivity contribution < 1.29 is 13.2 Å². The van der Waals surface area contributed by atoms with E-state index in [1.54, 1.807) is 0 Å². The number of halogens is 1. The lowest BCUT2D eigenvalue weighted by molar-refractivity contribution is 0.0947. The molecule has 1 aromatic rings. The lowest BCUT2D eigenvalue weighted by atomic mass is 10.00. The Balaban J connectivity index is 1.86. The molecule has 1 aliphatic heterocycles. The van der Waals surface area contributed by atoms with Gasteiger partial charge < -0.3 is 10.2 Å². The standard InChI is InChI=1S/C18H28ClN3O3S/c1-3-15-7-4-5-11-22(15)12-6-10-20-18(23)16-13-14(8-9-17(16)19)21-26(2,24)25/h8-9,13,15,21H,3-7,10-12H2,1-2H3,(H,20,23). The van der Waals surface area contributed by atoms with Gasteiger partial charge in [-0.3, -0.25) is 9.52 Å². The highest BCUT2D eigenvalue weighted by Crippen LogP contribution is 2.21. The molecule has 146 valence electrons. The van der Waals surface area contributed by atoms with Gasteiger partial charge in [0, 0.05) is 24.8 Å². The van der Waals surface area contributed by atoms with Gasteiger partial charge in [-0.2, -0.15) is 0 Å². The van der Waals surface area contributed by atoms with Gasteiger partial charge in [-0.25, -0.2) is 8.42 Å². The van der Waals surface area contributed by atoms with E-state index in [0.29, 0.717) is 23.3 Å². The molecule has 1 unspecified atom stereocenters. The zero-order valence-corrected chi connectivity index (χ0v) is 17.0. The fourth-order valence-electron chi connectivity index (χ4n) is 3.37.